The van der Waals surface area contributed by atoms with Crippen LogP contribution in [0.5, 0.6) is 0 Å². The zero-order valence-corrected chi connectivity index (χ0v) is 14.4. The van der Waals surface area contributed by atoms with Gasteiger partial charge in [-0.05, 0) is 30.6 Å². The molecule has 0 radical (unpaired) electrons. The Bertz CT molecular complexity index is 676. The van der Waals surface area contributed by atoms with Gasteiger partial charge in [-0.3, -0.25) is 4.79 Å². The van der Waals surface area contributed by atoms with Crippen LogP contribution in [0, 0.1) is 11.8 Å². The van der Waals surface area contributed by atoms with Crippen LogP contribution in [0.2, 0.25) is 0 Å². The molecule has 1 saturated heterocycles. The van der Waals surface area contributed by atoms with E-state index < -0.39 is 23.7 Å². The Kier molecular flexibility index (Phi) is 4.31. The molecule has 1 aliphatic heterocycles. The number of Topliss-reactive ketones (excluding diaryl/α,β-unsaturated/α-hetero) is 1. The second-order valence-electron chi connectivity index (χ2n) is 6.27. The number of rotatable bonds is 4. The van der Waals surface area contributed by atoms with Gasteiger partial charge in [0.25, 0.3) is 5.72 Å². The molecular weight excluding hydrogens is 328 g/mol. The van der Waals surface area contributed by atoms with Crippen LogP contribution in [0.25, 0.3) is 0 Å². The summed E-state index contributed by atoms with van der Waals surface area (Å²) < 4.78 is 4.81. The number of nitrogens with one attached hydrogen (secondary N) is 1. The predicted molar refractivity (Wildman–Crippen MR) is 90.9 cm³/mol. The van der Waals surface area contributed by atoms with Gasteiger partial charge in [0.1, 0.15) is 11.7 Å². The fourth-order valence-electron chi connectivity index (χ4n) is 3.24. The molecule has 24 heavy (non-hydrogen) atoms. The van der Waals surface area contributed by atoms with E-state index in [1.54, 1.807) is 0 Å². The number of nitrogens with zero attached hydrogens (tertiary/aromatic N) is 1. The van der Waals surface area contributed by atoms with Gasteiger partial charge < -0.3 is 20.1 Å². The Morgan fingerprint density at radius 1 is 1.33 bits per heavy atom. The van der Waals surface area contributed by atoms with E-state index in [4.69, 9.17) is 17.0 Å². The Balaban J connectivity index is 2.11. The highest BCUT2D eigenvalue weighted by Gasteiger charge is 2.61. The number of carbonyl (C=O) groups excluding carboxylic acids is 2. The minimum atomic E-state index is -2.13. The largest absolute Gasteiger partial charge is 0.465 e. The summed E-state index contributed by atoms with van der Waals surface area (Å²) in [4.78, 5) is 26.6. The fourth-order valence-corrected chi connectivity index (χ4v) is 3.51. The SMILES string of the molecule is COC(=O)[C@]1(O)[C@H](C(=O)C2CC2)[C@H](c2ccccc2)NC(=S)N1C. The summed E-state index contributed by atoms with van der Waals surface area (Å²) >= 11 is 5.28. The minimum Gasteiger partial charge on any atom is -0.465 e. The van der Waals surface area contributed by atoms with Crippen LogP contribution in [-0.4, -0.2) is 46.8 Å². The quantitative estimate of drug-likeness (QED) is 0.621. The summed E-state index contributed by atoms with van der Waals surface area (Å²) in [7, 11) is 2.68. The maximum Gasteiger partial charge on any atom is 0.360 e. The van der Waals surface area contributed by atoms with Gasteiger partial charge in [0.15, 0.2) is 5.11 Å². The van der Waals surface area contributed by atoms with E-state index in [0.29, 0.717) is 0 Å². The first-order chi connectivity index (χ1) is 11.4. The molecule has 1 heterocycles. The van der Waals surface area contributed by atoms with E-state index in [1.807, 2.05) is 30.3 Å². The van der Waals surface area contributed by atoms with Crippen molar-refractivity contribution in [1.82, 2.24) is 10.2 Å². The highest BCUT2D eigenvalue weighted by Crippen LogP contribution is 2.44. The molecule has 0 spiro atoms. The van der Waals surface area contributed by atoms with Crippen molar-refractivity contribution in [3.63, 3.8) is 0 Å². The molecule has 1 saturated carbocycles. The summed E-state index contributed by atoms with van der Waals surface area (Å²) in [5.41, 5.74) is -1.34. The van der Waals surface area contributed by atoms with Crippen LogP contribution < -0.4 is 5.32 Å². The molecule has 0 bridgehead atoms. The Hall–Kier alpha value is -1.99. The number of carbonyl (C=O) groups is 2. The van der Waals surface area contributed by atoms with E-state index in [0.717, 1.165) is 18.4 Å². The first-order valence-electron chi connectivity index (χ1n) is 7.85. The van der Waals surface area contributed by atoms with Gasteiger partial charge in [0.2, 0.25) is 0 Å². The average Bonchev–Trinajstić information content (AvgIpc) is 3.44. The van der Waals surface area contributed by atoms with Crippen molar-refractivity contribution < 1.29 is 19.4 Å². The lowest BCUT2D eigenvalue weighted by molar-refractivity contribution is -0.195. The minimum absolute atomic E-state index is 0.126. The van der Waals surface area contributed by atoms with Crippen molar-refractivity contribution in [1.29, 1.82) is 0 Å². The summed E-state index contributed by atoms with van der Waals surface area (Å²) in [6.45, 7) is 0. The number of aliphatic hydroxyl groups is 1. The normalized spacial score (nSPS) is 29.8. The van der Waals surface area contributed by atoms with Crippen LogP contribution in [0.15, 0.2) is 30.3 Å². The van der Waals surface area contributed by atoms with E-state index in [9.17, 15) is 14.7 Å². The van der Waals surface area contributed by atoms with Gasteiger partial charge in [0, 0.05) is 13.0 Å². The first kappa shape index (κ1) is 16.9. The predicted octanol–water partition coefficient (Wildman–Crippen LogP) is 1.00. The zero-order valence-electron chi connectivity index (χ0n) is 13.6. The van der Waals surface area contributed by atoms with Crippen molar-refractivity contribution in [2.24, 2.45) is 11.8 Å². The Morgan fingerprint density at radius 2 is 1.96 bits per heavy atom. The van der Waals surface area contributed by atoms with Gasteiger partial charge in [-0.15, -0.1) is 0 Å². The third-order valence-electron chi connectivity index (χ3n) is 4.79. The molecule has 128 valence electrons. The second-order valence-corrected chi connectivity index (χ2v) is 6.66. The summed E-state index contributed by atoms with van der Waals surface area (Å²) in [5, 5.41) is 14.5. The topological polar surface area (TPSA) is 78.9 Å². The molecular formula is C17H20N2O4S. The summed E-state index contributed by atoms with van der Waals surface area (Å²) in [6, 6.07) is 8.64. The number of benzene rings is 1. The van der Waals surface area contributed by atoms with Crippen LogP contribution in [0.4, 0.5) is 0 Å². The molecule has 1 aromatic carbocycles. The molecule has 7 heteroatoms. The van der Waals surface area contributed by atoms with Gasteiger partial charge >= 0.3 is 5.97 Å². The third kappa shape index (κ3) is 2.57. The van der Waals surface area contributed by atoms with Gasteiger partial charge in [0.05, 0.1) is 13.2 Å². The first-order valence-corrected chi connectivity index (χ1v) is 8.25. The molecule has 2 N–H and O–H groups in total. The Labute approximate surface area is 145 Å². The van der Waals surface area contributed by atoms with Crippen LogP contribution in [0.1, 0.15) is 24.4 Å². The highest BCUT2D eigenvalue weighted by atomic mass is 32.1. The molecule has 0 unspecified atom stereocenters. The van der Waals surface area contributed by atoms with Crippen molar-refractivity contribution in [3.8, 4) is 0 Å². The van der Waals surface area contributed by atoms with Gasteiger partial charge in [-0.25, -0.2) is 4.79 Å². The lowest BCUT2D eigenvalue weighted by Crippen LogP contribution is -2.70. The lowest BCUT2D eigenvalue weighted by Gasteiger charge is -2.49. The van der Waals surface area contributed by atoms with Crippen molar-refractivity contribution in [3.05, 3.63) is 35.9 Å². The number of likely N-dealkylation sites (N-methyl/N-ethyl adjacent to an activating group) is 1. The number of hydrogen-bond acceptors (Lipinski definition) is 5. The molecule has 1 aromatic rings. The number of hydrogen-bond donors (Lipinski definition) is 2. The van der Waals surface area contributed by atoms with E-state index >= 15 is 0 Å². The molecule has 2 aliphatic rings. The van der Waals surface area contributed by atoms with Gasteiger partial charge in [-0.1, -0.05) is 30.3 Å². The van der Waals surface area contributed by atoms with E-state index in [-0.39, 0.29) is 16.8 Å². The highest BCUT2D eigenvalue weighted by molar-refractivity contribution is 7.80. The standard InChI is InChI=1S/C17H20N2O4S/c1-19-16(24)18-13(10-6-4-3-5-7-10)12(14(20)11-8-9-11)17(19,22)15(21)23-2/h3-7,11-13,22H,8-9H2,1-2H3,(H,18,24)/t12-,13-,17+/m0/s1. The van der Waals surface area contributed by atoms with E-state index in [2.05, 4.69) is 5.32 Å². The molecule has 0 aromatic heterocycles. The number of ether oxygens (including phenoxy) is 1. The maximum absolute atomic E-state index is 13.0. The molecule has 3 rings (SSSR count). The molecule has 2 fully saturated rings. The zero-order chi connectivity index (χ0) is 17.5. The maximum atomic E-state index is 13.0. The molecule has 0 amide bonds. The van der Waals surface area contributed by atoms with Crippen LogP contribution in [-0.2, 0) is 14.3 Å². The number of esters is 1. The van der Waals surface area contributed by atoms with Crippen LogP contribution in [0.3, 0.4) is 0 Å². The van der Waals surface area contributed by atoms with Crippen LogP contribution >= 0.6 is 12.2 Å². The van der Waals surface area contributed by atoms with E-state index in [1.165, 1.54) is 19.1 Å². The van der Waals surface area contributed by atoms with Gasteiger partial charge in [-0.2, -0.15) is 0 Å². The third-order valence-corrected chi connectivity index (χ3v) is 5.18. The molecule has 1 aliphatic carbocycles. The van der Waals surface area contributed by atoms with Crippen molar-refractivity contribution in [2.45, 2.75) is 24.6 Å². The smallest absolute Gasteiger partial charge is 0.360 e. The number of thiocarbonyl (C=S) groups is 1. The lowest BCUT2D eigenvalue weighted by atomic mass is 9.77. The number of methoxy groups -OCH3 is 1. The van der Waals surface area contributed by atoms with Crippen molar-refractivity contribution in [2.75, 3.05) is 14.2 Å². The summed E-state index contributed by atoms with van der Waals surface area (Å²) in [6.07, 6.45) is 1.56. The van der Waals surface area contributed by atoms with Crippen molar-refractivity contribution >= 4 is 29.1 Å². The Morgan fingerprint density at radius 3 is 2.50 bits per heavy atom. The second kappa shape index (κ2) is 6.14. The average molecular weight is 348 g/mol. The fraction of sp³-hybridized carbons (Fsp3) is 0.471. The number of ketones is 1. The monoisotopic (exact) mass is 348 g/mol. The summed E-state index contributed by atoms with van der Waals surface area (Å²) in [5.74, 6) is -2.15. The molecule has 6 nitrogen and oxygen atoms in total. The molecule has 3 atom stereocenters.